The van der Waals surface area contributed by atoms with Crippen LogP contribution < -0.4 is 0 Å². The first-order valence-electron chi connectivity index (χ1n) is 6.62. The lowest BCUT2D eigenvalue weighted by Crippen LogP contribution is -2.12. The van der Waals surface area contributed by atoms with E-state index >= 15 is 0 Å². The monoisotopic (exact) mass is 316 g/mol. The fourth-order valence-electron chi connectivity index (χ4n) is 2.07. The lowest BCUT2D eigenvalue weighted by Gasteiger charge is -2.15. The van der Waals surface area contributed by atoms with E-state index in [2.05, 4.69) is 0 Å². The van der Waals surface area contributed by atoms with E-state index in [1.807, 2.05) is 30.3 Å². The Balaban J connectivity index is 2.18. The highest BCUT2D eigenvalue weighted by Gasteiger charge is 2.22. The Hall–Kier alpha value is -2.34. The molecule has 0 aliphatic rings. The second kappa shape index (κ2) is 8.19. The van der Waals surface area contributed by atoms with Gasteiger partial charge in [-0.1, -0.05) is 36.4 Å². The first-order valence-corrected chi connectivity index (χ1v) is 7.61. The van der Waals surface area contributed by atoms with Gasteiger partial charge in [0.2, 0.25) is 0 Å². The SMILES string of the molecule is O=[C]OCC(CSc1ccccc1)c1ccccc1[N+](=O)[O-]. The van der Waals surface area contributed by atoms with Crippen LogP contribution in [-0.2, 0) is 9.53 Å². The Labute approximate surface area is 132 Å². The molecule has 0 aromatic heterocycles. The normalized spacial score (nSPS) is 11.6. The molecule has 113 valence electrons. The third kappa shape index (κ3) is 4.33. The fraction of sp³-hybridized carbons (Fsp3) is 0.188. The molecule has 0 bridgehead atoms. The fourth-order valence-corrected chi connectivity index (χ4v) is 3.09. The molecule has 6 heteroatoms. The van der Waals surface area contributed by atoms with E-state index in [9.17, 15) is 14.9 Å². The van der Waals surface area contributed by atoms with E-state index < -0.39 is 4.92 Å². The summed E-state index contributed by atoms with van der Waals surface area (Å²) in [4.78, 5) is 22.1. The molecule has 0 saturated carbocycles. The summed E-state index contributed by atoms with van der Waals surface area (Å²) in [5.74, 6) is 0.296. The van der Waals surface area contributed by atoms with Crippen LogP contribution in [0.5, 0.6) is 0 Å². The van der Waals surface area contributed by atoms with Crippen LogP contribution in [0.3, 0.4) is 0 Å². The summed E-state index contributed by atoms with van der Waals surface area (Å²) in [6, 6.07) is 16.2. The van der Waals surface area contributed by atoms with E-state index in [1.165, 1.54) is 12.5 Å². The van der Waals surface area contributed by atoms with Gasteiger partial charge in [-0.25, -0.2) is 4.79 Å². The van der Waals surface area contributed by atoms with Gasteiger partial charge >= 0.3 is 6.47 Å². The summed E-state index contributed by atoms with van der Waals surface area (Å²) in [6.07, 6.45) is 0. The van der Waals surface area contributed by atoms with Crippen molar-refractivity contribution in [1.82, 2.24) is 0 Å². The molecule has 1 unspecified atom stereocenters. The summed E-state index contributed by atoms with van der Waals surface area (Å²) in [5.41, 5.74) is 0.599. The van der Waals surface area contributed by atoms with Gasteiger partial charge in [-0.2, -0.15) is 0 Å². The lowest BCUT2D eigenvalue weighted by molar-refractivity contribution is -0.385. The quantitative estimate of drug-likeness (QED) is 0.423. The minimum atomic E-state index is -0.417. The summed E-state index contributed by atoms with van der Waals surface area (Å²) >= 11 is 1.56. The van der Waals surface area contributed by atoms with Crippen molar-refractivity contribution in [2.24, 2.45) is 0 Å². The number of benzene rings is 2. The summed E-state index contributed by atoms with van der Waals surface area (Å²) in [5, 5.41) is 11.2. The standard InChI is InChI=1S/C16H14NO4S/c18-12-21-10-13(11-22-14-6-2-1-3-7-14)15-8-4-5-9-16(15)17(19)20/h1-9,13H,10-11H2. The van der Waals surface area contributed by atoms with Crippen LogP contribution >= 0.6 is 11.8 Å². The highest BCUT2D eigenvalue weighted by atomic mass is 32.2. The molecule has 0 N–H and O–H groups in total. The van der Waals surface area contributed by atoms with Crippen molar-refractivity contribution in [3.8, 4) is 0 Å². The van der Waals surface area contributed by atoms with E-state index in [1.54, 1.807) is 30.0 Å². The van der Waals surface area contributed by atoms with E-state index in [0.29, 0.717) is 11.3 Å². The number of hydrogen-bond donors (Lipinski definition) is 0. The van der Waals surface area contributed by atoms with Crippen LogP contribution in [0.25, 0.3) is 0 Å². The summed E-state index contributed by atoms with van der Waals surface area (Å²) in [7, 11) is 0. The summed E-state index contributed by atoms with van der Waals surface area (Å²) < 4.78 is 4.73. The smallest absolute Gasteiger partial charge is 0.417 e. The molecule has 0 spiro atoms. The Morgan fingerprint density at radius 3 is 2.50 bits per heavy atom. The topological polar surface area (TPSA) is 69.4 Å². The highest BCUT2D eigenvalue weighted by Crippen LogP contribution is 2.31. The largest absolute Gasteiger partial charge is 0.457 e. The molecule has 5 nitrogen and oxygen atoms in total. The predicted molar refractivity (Wildman–Crippen MR) is 84.6 cm³/mol. The zero-order chi connectivity index (χ0) is 15.8. The van der Waals surface area contributed by atoms with Crippen LogP contribution in [-0.4, -0.2) is 23.8 Å². The van der Waals surface area contributed by atoms with Crippen LogP contribution in [0.1, 0.15) is 11.5 Å². The average molecular weight is 316 g/mol. The highest BCUT2D eigenvalue weighted by molar-refractivity contribution is 7.99. The zero-order valence-electron chi connectivity index (χ0n) is 11.7. The van der Waals surface area contributed by atoms with E-state index in [4.69, 9.17) is 4.74 Å². The second-order valence-electron chi connectivity index (χ2n) is 4.53. The van der Waals surface area contributed by atoms with Gasteiger partial charge < -0.3 is 4.74 Å². The van der Waals surface area contributed by atoms with Gasteiger partial charge in [0.05, 0.1) is 11.5 Å². The molecule has 1 atom stereocenters. The molecule has 2 rings (SSSR count). The van der Waals surface area contributed by atoms with Gasteiger partial charge in [-0.15, -0.1) is 11.8 Å². The minimum Gasteiger partial charge on any atom is -0.457 e. The maximum atomic E-state index is 11.2. The Morgan fingerprint density at radius 2 is 1.82 bits per heavy atom. The van der Waals surface area contributed by atoms with Crippen LogP contribution in [0.4, 0.5) is 5.69 Å². The Kier molecular flexibility index (Phi) is 5.97. The van der Waals surface area contributed by atoms with E-state index in [0.717, 1.165) is 4.90 Å². The number of para-hydroxylation sites is 1. The third-order valence-electron chi connectivity index (χ3n) is 3.11. The third-order valence-corrected chi connectivity index (χ3v) is 4.29. The van der Waals surface area contributed by atoms with E-state index in [-0.39, 0.29) is 18.2 Å². The molecule has 0 saturated heterocycles. The van der Waals surface area contributed by atoms with Gasteiger partial charge in [-0.3, -0.25) is 10.1 Å². The Bertz CT molecular complexity index is 633. The molecule has 0 aliphatic heterocycles. The number of nitrogens with zero attached hydrogens (tertiary/aromatic N) is 1. The zero-order valence-corrected chi connectivity index (χ0v) is 12.5. The molecule has 0 aliphatic carbocycles. The molecule has 2 aromatic rings. The predicted octanol–water partition coefficient (Wildman–Crippen LogP) is 3.55. The van der Waals surface area contributed by atoms with Gasteiger partial charge in [0.1, 0.15) is 0 Å². The number of thioether (sulfide) groups is 1. The number of ether oxygens (including phenoxy) is 1. The van der Waals surface area contributed by atoms with Crippen molar-refractivity contribution in [3.63, 3.8) is 0 Å². The second-order valence-corrected chi connectivity index (χ2v) is 5.62. The maximum absolute atomic E-state index is 11.2. The van der Waals surface area contributed by atoms with Crippen molar-refractivity contribution in [3.05, 3.63) is 70.3 Å². The van der Waals surface area contributed by atoms with Crippen LogP contribution in [0, 0.1) is 10.1 Å². The van der Waals surface area contributed by atoms with Crippen LogP contribution in [0.2, 0.25) is 0 Å². The van der Waals surface area contributed by atoms with Crippen molar-refractivity contribution in [2.45, 2.75) is 10.8 Å². The number of hydrogen-bond acceptors (Lipinski definition) is 5. The van der Waals surface area contributed by atoms with Gasteiger partial charge in [-0.05, 0) is 12.1 Å². The molecule has 1 radical (unpaired) electrons. The molecule has 0 amide bonds. The van der Waals surface area contributed by atoms with Gasteiger partial charge in [0.25, 0.3) is 5.69 Å². The van der Waals surface area contributed by atoms with Crippen LogP contribution in [0.15, 0.2) is 59.5 Å². The lowest BCUT2D eigenvalue weighted by atomic mass is 10.00. The summed E-state index contributed by atoms with van der Waals surface area (Å²) in [6.45, 7) is 1.45. The van der Waals surface area contributed by atoms with Gasteiger partial charge in [0.15, 0.2) is 0 Å². The number of carbonyl (C=O) groups excluding carboxylic acids is 1. The van der Waals surface area contributed by atoms with Crippen molar-refractivity contribution in [1.29, 1.82) is 0 Å². The maximum Gasteiger partial charge on any atom is 0.417 e. The number of rotatable bonds is 8. The number of nitro groups is 1. The van der Waals surface area contributed by atoms with Gasteiger partial charge in [0, 0.05) is 28.2 Å². The Morgan fingerprint density at radius 1 is 1.14 bits per heavy atom. The van der Waals surface area contributed by atoms with Crippen molar-refractivity contribution in [2.75, 3.05) is 12.4 Å². The molecule has 0 fully saturated rings. The average Bonchev–Trinajstić information content (AvgIpc) is 2.56. The first kappa shape index (κ1) is 16.0. The first-order chi connectivity index (χ1) is 10.7. The number of nitro benzene ring substituents is 1. The van der Waals surface area contributed by atoms with Crippen molar-refractivity contribution >= 4 is 23.9 Å². The minimum absolute atomic E-state index is 0.0376. The molecule has 0 heterocycles. The van der Waals surface area contributed by atoms with Crippen molar-refractivity contribution < 1.29 is 14.5 Å². The molecule has 2 aromatic carbocycles. The molecular formula is C16H14NO4S. The molecular weight excluding hydrogens is 302 g/mol. The molecule has 22 heavy (non-hydrogen) atoms.